The molecule has 0 saturated carbocycles. The van der Waals surface area contributed by atoms with Crippen molar-refractivity contribution < 1.29 is 22.7 Å². The molecule has 0 fully saturated rings. The van der Waals surface area contributed by atoms with Gasteiger partial charge in [0.25, 0.3) is 0 Å². The molecule has 0 aromatic heterocycles. The highest BCUT2D eigenvalue weighted by Gasteiger charge is 2.21. The third kappa shape index (κ3) is 6.45. The fourth-order valence-electron chi connectivity index (χ4n) is 2.53. The van der Waals surface area contributed by atoms with E-state index in [1.165, 1.54) is 0 Å². The maximum Gasteiger partial charge on any atom is 0.245 e. The summed E-state index contributed by atoms with van der Waals surface area (Å²) in [7, 11) is -3.65. The first-order valence-corrected chi connectivity index (χ1v) is 10.8. The molecule has 8 heteroatoms. The van der Waals surface area contributed by atoms with Crippen LogP contribution in [0.25, 0.3) is 0 Å². The molecule has 0 aliphatic heterocycles. The maximum absolute atomic E-state index is 12.5. The van der Waals surface area contributed by atoms with Crippen LogP contribution in [0.2, 0.25) is 0 Å². The van der Waals surface area contributed by atoms with E-state index >= 15 is 0 Å². The predicted molar refractivity (Wildman–Crippen MR) is 111 cm³/mol. The number of ether oxygens (including phenoxy) is 2. The van der Waals surface area contributed by atoms with Crippen molar-refractivity contribution >= 4 is 27.3 Å². The van der Waals surface area contributed by atoms with Gasteiger partial charge in [0.15, 0.2) is 0 Å². The van der Waals surface area contributed by atoms with E-state index in [9.17, 15) is 13.2 Å². The lowest BCUT2D eigenvalue weighted by atomic mass is 10.3. The summed E-state index contributed by atoms with van der Waals surface area (Å²) >= 11 is 0. The molecule has 2 aromatic rings. The Labute approximate surface area is 166 Å². The first-order chi connectivity index (χ1) is 13.2. The van der Waals surface area contributed by atoms with E-state index < -0.39 is 15.9 Å². The smallest absolute Gasteiger partial charge is 0.245 e. The molecule has 1 N–H and O–H groups in total. The largest absolute Gasteiger partial charge is 0.494 e. The zero-order valence-corrected chi connectivity index (χ0v) is 17.3. The molecule has 0 bridgehead atoms. The number of rotatable bonds is 9. The van der Waals surface area contributed by atoms with Crippen LogP contribution in [-0.4, -0.2) is 39.8 Å². The topological polar surface area (TPSA) is 84.9 Å². The fraction of sp³-hybridized carbons (Fsp3) is 0.350. The normalized spacial score (nSPS) is 11.2. The van der Waals surface area contributed by atoms with E-state index in [1.54, 1.807) is 48.5 Å². The number of benzene rings is 2. The quantitative estimate of drug-likeness (QED) is 0.691. The fourth-order valence-corrected chi connectivity index (χ4v) is 3.38. The number of carbonyl (C=O) groups is 1. The van der Waals surface area contributed by atoms with Crippen molar-refractivity contribution in [1.29, 1.82) is 0 Å². The number of amides is 1. The molecule has 0 heterocycles. The van der Waals surface area contributed by atoms with E-state index in [0.29, 0.717) is 29.5 Å². The minimum atomic E-state index is -3.65. The average Bonchev–Trinajstić information content (AvgIpc) is 2.59. The number of carbonyl (C=O) groups excluding carboxylic acids is 1. The lowest BCUT2D eigenvalue weighted by Gasteiger charge is -2.22. The van der Waals surface area contributed by atoms with Crippen LogP contribution in [-0.2, 0) is 14.8 Å². The minimum Gasteiger partial charge on any atom is -0.494 e. The van der Waals surface area contributed by atoms with Crippen molar-refractivity contribution in [2.45, 2.75) is 26.9 Å². The van der Waals surface area contributed by atoms with Crippen molar-refractivity contribution in [2.24, 2.45) is 0 Å². The molecule has 2 rings (SSSR count). The number of nitrogens with one attached hydrogen (secondary N) is 1. The second-order valence-electron chi connectivity index (χ2n) is 6.44. The Morgan fingerprint density at radius 3 is 2.36 bits per heavy atom. The van der Waals surface area contributed by atoms with Gasteiger partial charge in [-0.1, -0.05) is 6.07 Å². The van der Waals surface area contributed by atoms with E-state index in [2.05, 4.69) is 5.32 Å². The standard InChI is InChI=1S/C20H26N2O5S/c1-5-26-18-11-9-17(10-12-18)22(28(4,24)25)14-20(23)21-16-7-6-8-19(13-16)27-15(2)3/h6-13,15H,5,14H2,1-4H3,(H,21,23). The number of anilines is 2. The molecule has 0 spiro atoms. The predicted octanol–water partition coefficient (Wildman–Crippen LogP) is 3.28. The summed E-state index contributed by atoms with van der Waals surface area (Å²) in [5.41, 5.74) is 0.918. The van der Waals surface area contributed by atoms with Gasteiger partial charge in [-0.25, -0.2) is 8.42 Å². The maximum atomic E-state index is 12.5. The molecule has 0 saturated heterocycles. The van der Waals surface area contributed by atoms with Gasteiger partial charge in [0.1, 0.15) is 18.0 Å². The van der Waals surface area contributed by atoms with Crippen LogP contribution in [0.15, 0.2) is 48.5 Å². The molecule has 0 aliphatic carbocycles. The molecule has 1 amide bonds. The van der Waals surface area contributed by atoms with Crippen molar-refractivity contribution in [1.82, 2.24) is 0 Å². The Kier molecular flexibility index (Phi) is 7.28. The van der Waals surface area contributed by atoms with Gasteiger partial charge < -0.3 is 14.8 Å². The lowest BCUT2D eigenvalue weighted by molar-refractivity contribution is -0.114. The number of sulfonamides is 1. The highest BCUT2D eigenvalue weighted by Crippen LogP contribution is 2.22. The molecule has 0 atom stereocenters. The molecule has 7 nitrogen and oxygen atoms in total. The van der Waals surface area contributed by atoms with Crippen LogP contribution >= 0.6 is 0 Å². The van der Waals surface area contributed by atoms with E-state index in [0.717, 1.165) is 10.6 Å². The number of hydrogen-bond acceptors (Lipinski definition) is 5. The van der Waals surface area contributed by atoms with E-state index in [4.69, 9.17) is 9.47 Å². The van der Waals surface area contributed by atoms with Gasteiger partial charge in [-0.05, 0) is 57.2 Å². The summed E-state index contributed by atoms with van der Waals surface area (Å²) in [5.74, 6) is 0.798. The highest BCUT2D eigenvalue weighted by molar-refractivity contribution is 7.92. The van der Waals surface area contributed by atoms with Crippen LogP contribution in [0.4, 0.5) is 11.4 Å². The molecular weight excluding hydrogens is 380 g/mol. The molecule has 2 aromatic carbocycles. The lowest BCUT2D eigenvalue weighted by Crippen LogP contribution is -2.37. The Morgan fingerprint density at radius 1 is 1.11 bits per heavy atom. The molecule has 28 heavy (non-hydrogen) atoms. The highest BCUT2D eigenvalue weighted by atomic mass is 32.2. The molecule has 0 radical (unpaired) electrons. The summed E-state index contributed by atoms with van der Waals surface area (Å²) in [4.78, 5) is 12.5. The van der Waals surface area contributed by atoms with Gasteiger partial charge in [0.2, 0.25) is 15.9 Å². The van der Waals surface area contributed by atoms with Gasteiger partial charge in [-0.15, -0.1) is 0 Å². The van der Waals surface area contributed by atoms with Gasteiger partial charge >= 0.3 is 0 Å². The minimum absolute atomic E-state index is 0.00587. The third-order valence-electron chi connectivity index (χ3n) is 3.61. The molecule has 0 aliphatic rings. The first kappa shape index (κ1) is 21.6. The van der Waals surface area contributed by atoms with E-state index in [-0.39, 0.29) is 12.6 Å². The first-order valence-electron chi connectivity index (χ1n) is 8.96. The summed E-state index contributed by atoms with van der Waals surface area (Å²) < 4.78 is 36.4. The summed E-state index contributed by atoms with van der Waals surface area (Å²) in [6.07, 6.45) is 1.07. The van der Waals surface area contributed by atoms with Crippen LogP contribution in [0, 0.1) is 0 Å². The summed E-state index contributed by atoms with van der Waals surface area (Å²) in [6.45, 7) is 5.85. The average molecular weight is 407 g/mol. The Bertz CT molecular complexity index is 895. The van der Waals surface area contributed by atoms with Crippen molar-refractivity contribution in [3.8, 4) is 11.5 Å². The second kappa shape index (κ2) is 9.45. The Hall–Kier alpha value is -2.74. The number of nitrogens with zero attached hydrogens (tertiary/aromatic N) is 1. The second-order valence-corrected chi connectivity index (χ2v) is 8.35. The Morgan fingerprint density at radius 2 is 1.79 bits per heavy atom. The van der Waals surface area contributed by atoms with Crippen LogP contribution in [0.1, 0.15) is 20.8 Å². The van der Waals surface area contributed by atoms with E-state index in [1.807, 2.05) is 20.8 Å². The van der Waals surface area contributed by atoms with Crippen molar-refractivity contribution in [3.63, 3.8) is 0 Å². The monoisotopic (exact) mass is 406 g/mol. The molecular formula is C20H26N2O5S. The van der Waals surface area contributed by atoms with Gasteiger partial charge in [0.05, 0.1) is 24.7 Å². The van der Waals surface area contributed by atoms with Gasteiger partial charge in [-0.3, -0.25) is 9.10 Å². The number of hydrogen-bond donors (Lipinski definition) is 1. The zero-order chi connectivity index (χ0) is 20.7. The van der Waals surface area contributed by atoms with Crippen LogP contribution < -0.4 is 19.1 Å². The Balaban J connectivity index is 2.13. The summed E-state index contributed by atoms with van der Waals surface area (Å²) in [5, 5.41) is 2.71. The molecule has 152 valence electrons. The molecule has 0 unspecified atom stereocenters. The summed E-state index contributed by atoms with van der Waals surface area (Å²) in [6, 6.07) is 13.5. The van der Waals surface area contributed by atoms with Crippen LogP contribution in [0.3, 0.4) is 0 Å². The van der Waals surface area contributed by atoms with Crippen molar-refractivity contribution in [2.75, 3.05) is 29.0 Å². The SMILES string of the molecule is CCOc1ccc(N(CC(=O)Nc2cccc(OC(C)C)c2)S(C)(=O)=O)cc1. The van der Waals surface area contributed by atoms with Crippen LogP contribution in [0.5, 0.6) is 11.5 Å². The van der Waals surface area contributed by atoms with Crippen molar-refractivity contribution in [3.05, 3.63) is 48.5 Å². The van der Waals surface area contributed by atoms with Gasteiger partial charge in [0, 0.05) is 11.8 Å². The van der Waals surface area contributed by atoms with Gasteiger partial charge in [-0.2, -0.15) is 0 Å². The third-order valence-corrected chi connectivity index (χ3v) is 4.75. The zero-order valence-electron chi connectivity index (χ0n) is 16.5.